The molecule has 5 nitrogen and oxygen atoms in total. The first-order valence-electron chi connectivity index (χ1n) is 7.34. The fraction of sp³-hybridized carbons (Fsp3) is 0.105. The number of benzene rings is 1. The summed E-state index contributed by atoms with van der Waals surface area (Å²) in [6, 6.07) is 14.4. The molecule has 0 saturated carbocycles. The fourth-order valence-corrected chi connectivity index (χ4v) is 1.78. The van der Waals surface area contributed by atoms with Gasteiger partial charge in [-0.25, -0.2) is 4.98 Å². The monoisotopic (exact) mass is 321 g/mol. The minimum Gasteiger partial charge on any atom is -0.481 e. The van der Waals surface area contributed by atoms with E-state index < -0.39 is 0 Å². The molecule has 0 aliphatic carbocycles. The minimum absolute atomic E-state index is 0.0204. The highest BCUT2D eigenvalue weighted by Crippen LogP contribution is 2.12. The normalized spacial score (nSPS) is 11.8. The molecule has 1 aromatic heterocycles. The highest BCUT2D eigenvalue weighted by molar-refractivity contribution is 6.06. The van der Waals surface area contributed by atoms with Crippen molar-refractivity contribution >= 4 is 11.7 Å². The fourth-order valence-electron chi connectivity index (χ4n) is 1.78. The molecule has 0 spiro atoms. The van der Waals surface area contributed by atoms with Gasteiger partial charge in [0.2, 0.25) is 11.8 Å². The Hall–Kier alpha value is -3.21. The third-order valence-electron chi connectivity index (χ3n) is 3.04. The van der Waals surface area contributed by atoms with Gasteiger partial charge in [0.15, 0.2) is 5.84 Å². The van der Waals surface area contributed by atoms with Crippen LogP contribution >= 0.6 is 0 Å². The Kier molecular flexibility index (Phi) is 6.02. The Morgan fingerprint density at radius 3 is 2.58 bits per heavy atom. The van der Waals surface area contributed by atoms with Crippen molar-refractivity contribution in [1.29, 1.82) is 5.41 Å². The van der Waals surface area contributed by atoms with Gasteiger partial charge in [-0.15, -0.1) is 0 Å². The van der Waals surface area contributed by atoms with Crippen LogP contribution in [-0.2, 0) is 0 Å². The SMILES string of the molecule is C=C/C(C)=C/C(=NC(=N)c1cccc(OC)n1)Oc1ccccc1. The molecule has 1 N–H and O–H groups in total. The van der Waals surface area contributed by atoms with Crippen LogP contribution in [0.1, 0.15) is 12.6 Å². The zero-order chi connectivity index (χ0) is 17.4. The van der Waals surface area contributed by atoms with Crippen molar-refractivity contribution in [2.75, 3.05) is 7.11 Å². The van der Waals surface area contributed by atoms with Crippen LogP contribution < -0.4 is 9.47 Å². The van der Waals surface area contributed by atoms with Crippen molar-refractivity contribution in [2.45, 2.75) is 6.92 Å². The highest BCUT2D eigenvalue weighted by Gasteiger charge is 2.07. The summed E-state index contributed by atoms with van der Waals surface area (Å²) in [7, 11) is 1.53. The molecule has 0 aliphatic heterocycles. The standard InChI is InChI=1S/C19H19N3O2/c1-4-14(2)13-18(24-15-9-6-5-7-10-15)22-19(20)16-11-8-12-17(21-16)23-3/h4-13,20H,1H2,2-3H3/b14-13+,20-19?,22-18?. The largest absolute Gasteiger partial charge is 0.481 e. The zero-order valence-electron chi connectivity index (χ0n) is 13.7. The lowest BCUT2D eigenvalue weighted by molar-refractivity contribution is 0.397. The number of aliphatic imine (C=N–C) groups is 1. The molecular formula is C19H19N3O2. The first-order valence-corrected chi connectivity index (χ1v) is 7.34. The average molecular weight is 321 g/mol. The van der Waals surface area contributed by atoms with E-state index in [1.807, 2.05) is 37.3 Å². The molecule has 1 aromatic carbocycles. The predicted molar refractivity (Wildman–Crippen MR) is 96.1 cm³/mol. The molecular weight excluding hydrogens is 302 g/mol. The summed E-state index contributed by atoms with van der Waals surface area (Å²) in [5, 5.41) is 8.16. The van der Waals surface area contributed by atoms with Crippen LogP contribution in [0.15, 0.2) is 77.8 Å². The van der Waals surface area contributed by atoms with E-state index in [1.54, 1.807) is 30.4 Å². The maximum atomic E-state index is 8.16. The maximum Gasteiger partial charge on any atom is 0.221 e. The molecule has 1 heterocycles. The van der Waals surface area contributed by atoms with Gasteiger partial charge in [-0.2, -0.15) is 4.99 Å². The van der Waals surface area contributed by atoms with Gasteiger partial charge >= 0.3 is 0 Å². The highest BCUT2D eigenvalue weighted by atomic mass is 16.5. The summed E-state index contributed by atoms with van der Waals surface area (Å²) in [5.74, 6) is 1.33. The number of hydrogen-bond acceptors (Lipinski definition) is 4. The molecule has 24 heavy (non-hydrogen) atoms. The third-order valence-corrected chi connectivity index (χ3v) is 3.04. The lowest BCUT2D eigenvalue weighted by Crippen LogP contribution is -2.11. The van der Waals surface area contributed by atoms with E-state index in [4.69, 9.17) is 14.9 Å². The number of pyridine rings is 1. The van der Waals surface area contributed by atoms with Crippen molar-refractivity contribution < 1.29 is 9.47 Å². The van der Waals surface area contributed by atoms with E-state index in [0.717, 1.165) is 5.57 Å². The molecule has 0 bridgehead atoms. The number of amidine groups is 1. The number of methoxy groups -OCH3 is 1. The number of aromatic nitrogens is 1. The lowest BCUT2D eigenvalue weighted by Gasteiger charge is -2.07. The quantitative estimate of drug-likeness (QED) is 0.514. The minimum atomic E-state index is -0.0204. The second-order valence-electron chi connectivity index (χ2n) is 4.87. The molecule has 0 fully saturated rings. The van der Waals surface area contributed by atoms with Gasteiger partial charge in [0.25, 0.3) is 0 Å². The van der Waals surface area contributed by atoms with Gasteiger partial charge in [0.1, 0.15) is 11.4 Å². The van der Waals surface area contributed by atoms with Gasteiger partial charge in [0.05, 0.1) is 7.11 Å². The van der Waals surface area contributed by atoms with E-state index in [2.05, 4.69) is 16.6 Å². The van der Waals surface area contributed by atoms with Gasteiger partial charge in [-0.3, -0.25) is 5.41 Å². The summed E-state index contributed by atoms with van der Waals surface area (Å²) < 4.78 is 10.8. The second kappa shape index (κ2) is 8.43. The van der Waals surface area contributed by atoms with Crippen molar-refractivity contribution in [1.82, 2.24) is 4.98 Å². The Morgan fingerprint density at radius 2 is 1.92 bits per heavy atom. The number of nitrogens with one attached hydrogen (secondary N) is 1. The summed E-state index contributed by atoms with van der Waals surface area (Å²) in [4.78, 5) is 8.44. The molecule has 2 aromatic rings. The van der Waals surface area contributed by atoms with Crippen LogP contribution in [0, 0.1) is 5.41 Å². The van der Waals surface area contributed by atoms with Crippen LogP contribution in [0.25, 0.3) is 0 Å². The van der Waals surface area contributed by atoms with Gasteiger partial charge < -0.3 is 9.47 Å². The van der Waals surface area contributed by atoms with E-state index in [-0.39, 0.29) is 11.7 Å². The van der Waals surface area contributed by atoms with Crippen LogP contribution in [0.2, 0.25) is 0 Å². The van der Waals surface area contributed by atoms with Crippen molar-refractivity contribution in [3.05, 3.63) is 78.5 Å². The van der Waals surface area contributed by atoms with Crippen molar-refractivity contribution in [3.63, 3.8) is 0 Å². The number of nitrogens with zero attached hydrogens (tertiary/aromatic N) is 2. The van der Waals surface area contributed by atoms with Crippen LogP contribution in [0.3, 0.4) is 0 Å². The Labute approximate surface area is 141 Å². The molecule has 0 atom stereocenters. The summed E-state index contributed by atoms with van der Waals surface area (Å²) >= 11 is 0. The topological polar surface area (TPSA) is 67.6 Å². The molecule has 0 saturated heterocycles. The van der Waals surface area contributed by atoms with Crippen molar-refractivity contribution in [2.24, 2.45) is 4.99 Å². The van der Waals surface area contributed by atoms with Gasteiger partial charge in [0, 0.05) is 12.1 Å². The summed E-state index contributed by atoms with van der Waals surface area (Å²) in [5.41, 5.74) is 1.27. The average Bonchev–Trinajstić information content (AvgIpc) is 2.62. The first kappa shape index (κ1) is 17.1. The number of hydrogen-bond donors (Lipinski definition) is 1. The smallest absolute Gasteiger partial charge is 0.221 e. The van der Waals surface area contributed by atoms with Crippen LogP contribution in [0.5, 0.6) is 11.6 Å². The number of ether oxygens (including phenoxy) is 2. The molecule has 5 heteroatoms. The molecule has 0 unspecified atom stereocenters. The Balaban J connectivity index is 2.32. The predicted octanol–water partition coefficient (Wildman–Crippen LogP) is 4.03. The molecule has 0 radical (unpaired) electrons. The van der Waals surface area contributed by atoms with E-state index in [9.17, 15) is 0 Å². The zero-order valence-corrected chi connectivity index (χ0v) is 13.7. The summed E-state index contributed by atoms with van der Waals surface area (Å²) in [6.45, 7) is 5.60. The lowest BCUT2D eigenvalue weighted by atomic mass is 10.3. The Bertz CT molecular complexity index is 780. The molecule has 0 amide bonds. The summed E-state index contributed by atoms with van der Waals surface area (Å²) in [6.07, 6.45) is 3.41. The van der Waals surface area contributed by atoms with Crippen LogP contribution in [-0.4, -0.2) is 23.8 Å². The molecule has 0 aliphatic rings. The van der Waals surface area contributed by atoms with Crippen molar-refractivity contribution in [3.8, 4) is 11.6 Å². The van der Waals surface area contributed by atoms with E-state index >= 15 is 0 Å². The number of allylic oxidation sites excluding steroid dienone is 2. The first-order chi connectivity index (χ1) is 11.6. The molecule has 122 valence electrons. The second-order valence-corrected chi connectivity index (χ2v) is 4.87. The number of para-hydroxylation sites is 1. The number of rotatable bonds is 5. The van der Waals surface area contributed by atoms with Crippen LogP contribution in [0.4, 0.5) is 0 Å². The maximum absolute atomic E-state index is 8.16. The Morgan fingerprint density at radius 1 is 1.17 bits per heavy atom. The van der Waals surface area contributed by atoms with Gasteiger partial charge in [-0.05, 0) is 30.7 Å². The van der Waals surface area contributed by atoms with Gasteiger partial charge in [-0.1, -0.05) is 36.9 Å². The molecule has 2 rings (SSSR count). The van der Waals surface area contributed by atoms with E-state index in [0.29, 0.717) is 17.3 Å². The van der Waals surface area contributed by atoms with E-state index in [1.165, 1.54) is 7.11 Å². The third kappa shape index (κ3) is 4.91.